The molecule has 6 heteroatoms. The Balaban J connectivity index is 1.99. The zero-order valence-electron chi connectivity index (χ0n) is 14.4. The molecule has 0 spiro atoms. The van der Waals surface area contributed by atoms with Gasteiger partial charge in [0.1, 0.15) is 17.5 Å². The summed E-state index contributed by atoms with van der Waals surface area (Å²) in [6.07, 6.45) is 9.94. The molecule has 0 saturated heterocycles. The van der Waals surface area contributed by atoms with E-state index in [9.17, 15) is 9.50 Å². The van der Waals surface area contributed by atoms with Gasteiger partial charge in [-0.1, -0.05) is 24.3 Å². The van der Waals surface area contributed by atoms with Crippen LogP contribution in [0.1, 0.15) is 22.7 Å². The van der Waals surface area contributed by atoms with Gasteiger partial charge >= 0.3 is 0 Å². The van der Waals surface area contributed by atoms with Crippen molar-refractivity contribution < 1.29 is 9.50 Å². The molecule has 4 rings (SSSR count). The van der Waals surface area contributed by atoms with Crippen LogP contribution in [-0.4, -0.2) is 24.9 Å². The lowest BCUT2D eigenvalue weighted by Gasteiger charge is -2.37. The second-order valence-corrected chi connectivity index (χ2v) is 6.19. The van der Waals surface area contributed by atoms with Gasteiger partial charge in [0, 0.05) is 48.3 Å². The van der Waals surface area contributed by atoms with Gasteiger partial charge in [0.05, 0.1) is 0 Å². The lowest BCUT2D eigenvalue weighted by molar-refractivity contribution is 0.0330. The lowest BCUT2D eigenvalue weighted by atomic mass is 9.78. The van der Waals surface area contributed by atoms with Crippen molar-refractivity contribution in [3.63, 3.8) is 0 Å². The van der Waals surface area contributed by atoms with Crippen molar-refractivity contribution in [3.8, 4) is 0 Å². The van der Waals surface area contributed by atoms with Crippen LogP contribution in [0.15, 0.2) is 91.8 Å². The van der Waals surface area contributed by atoms with Crippen molar-refractivity contribution in [2.75, 3.05) is 0 Å². The summed E-state index contributed by atoms with van der Waals surface area (Å²) < 4.78 is 15.2. The molecule has 134 valence electrons. The predicted octanol–water partition coefficient (Wildman–Crippen LogP) is 3.34. The van der Waals surface area contributed by atoms with Gasteiger partial charge in [0.2, 0.25) is 0 Å². The number of nitrogens with zero attached hydrogens (tertiary/aromatic N) is 4. The Morgan fingerprint density at radius 1 is 0.852 bits per heavy atom. The SMILES string of the molecule is OC(c1cccnc1)(c1cccnc1)C(c1ccc(F)cc1)n1cccn1. The van der Waals surface area contributed by atoms with E-state index in [1.54, 1.807) is 84.3 Å². The number of pyridine rings is 2. The number of halogens is 1. The molecule has 0 aliphatic heterocycles. The average Bonchev–Trinajstić information content (AvgIpc) is 3.25. The summed E-state index contributed by atoms with van der Waals surface area (Å²) in [6.45, 7) is 0. The zero-order valence-corrected chi connectivity index (χ0v) is 14.4. The van der Waals surface area contributed by atoms with Gasteiger partial charge in [-0.25, -0.2) is 4.39 Å². The van der Waals surface area contributed by atoms with E-state index in [-0.39, 0.29) is 5.82 Å². The molecule has 3 heterocycles. The highest BCUT2D eigenvalue weighted by Crippen LogP contribution is 2.42. The quantitative estimate of drug-likeness (QED) is 0.593. The summed E-state index contributed by atoms with van der Waals surface area (Å²) >= 11 is 0. The van der Waals surface area contributed by atoms with E-state index >= 15 is 0 Å². The van der Waals surface area contributed by atoms with Crippen molar-refractivity contribution in [1.82, 2.24) is 19.7 Å². The average molecular weight is 360 g/mol. The maximum atomic E-state index is 13.5. The summed E-state index contributed by atoms with van der Waals surface area (Å²) in [7, 11) is 0. The van der Waals surface area contributed by atoms with Crippen LogP contribution in [0.25, 0.3) is 0 Å². The Labute approximate surface area is 155 Å². The molecule has 0 aliphatic carbocycles. The van der Waals surface area contributed by atoms with Gasteiger partial charge in [-0.2, -0.15) is 5.10 Å². The summed E-state index contributed by atoms with van der Waals surface area (Å²) in [5, 5.41) is 16.4. The monoisotopic (exact) mass is 360 g/mol. The highest BCUT2D eigenvalue weighted by Gasteiger charge is 2.43. The third-order valence-electron chi connectivity index (χ3n) is 4.57. The fourth-order valence-corrected chi connectivity index (χ4v) is 3.32. The molecule has 0 saturated carbocycles. The first-order valence-corrected chi connectivity index (χ1v) is 8.47. The van der Waals surface area contributed by atoms with Crippen molar-refractivity contribution in [2.45, 2.75) is 11.6 Å². The minimum absolute atomic E-state index is 0.343. The van der Waals surface area contributed by atoms with E-state index in [2.05, 4.69) is 15.1 Å². The van der Waals surface area contributed by atoms with Crippen LogP contribution >= 0.6 is 0 Å². The van der Waals surface area contributed by atoms with Gasteiger partial charge in [-0.05, 0) is 35.9 Å². The molecule has 4 aromatic rings. The summed E-state index contributed by atoms with van der Waals surface area (Å²) in [4.78, 5) is 8.36. The van der Waals surface area contributed by atoms with Gasteiger partial charge < -0.3 is 5.11 Å². The van der Waals surface area contributed by atoms with E-state index in [1.165, 1.54) is 12.1 Å². The van der Waals surface area contributed by atoms with Crippen molar-refractivity contribution >= 4 is 0 Å². The molecule has 27 heavy (non-hydrogen) atoms. The normalized spacial score (nSPS) is 12.7. The van der Waals surface area contributed by atoms with Crippen LogP contribution in [0.3, 0.4) is 0 Å². The van der Waals surface area contributed by atoms with Crippen molar-refractivity contribution in [1.29, 1.82) is 0 Å². The number of rotatable bonds is 5. The Morgan fingerprint density at radius 3 is 1.96 bits per heavy atom. The van der Waals surface area contributed by atoms with Gasteiger partial charge in [0.15, 0.2) is 0 Å². The van der Waals surface area contributed by atoms with E-state index < -0.39 is 11.6 Å². The molecule has 0 amide bonds. The van der Waals surface area contributed by atoms with Crippen LogP contribution in [0.5, 0.6) is 0 Å². The summed E-state index contributed by atoms with van der Waals surface area (Å²) in [5.41, 5.74) is 0.354. The van der Waals surface area contributed by atoms with E-state index in [4.69, 9.17) is 0 Å². The van der Waals surface area contributed by atoms with Gasteiger partial charge in [0.25, 0.3) is 0 Å². The molecular weight excluding hydrogens is 343 g/mol. The fraction of sp³-hybridized carbons (Fsp3) is 0.0952. The minimum Gasteiger partial charge on any atom is -0.378 e. The van der Waals surface area contributed by atoms with Crippen molar-refractivity contribution in [3.05, 3.63) is 114 Å². The largest absolute Gasteiger partial charge is 0.378 e. The molecule has 1 N–H and O–H groups in total. The van der Waals surface area contributed by atoms with Crippen LogP contribution in [-0.2, 0) is 5.60 Å². The third-order valence-corrected chi connectivity index (χ3v) is 4.57. The van der Waals surface area contributed by atoms with Crippen LogP contribution in [0.2, 0.25) is 0 Å². The van der Waals surface area contributed by atoms with Gasteiger partial charge in [-0.3, -0.25) is 14.6 Å². The Hall–Kier alpha value is -3.38. The van der Waals surface area contributed by atoms with Gasteiger partial charge in [-0.15, -0.1) is 0 Å². The van der Waals surface area contributed by atoms with E-state index in [0.717, 1.165) is 0 Å². The molecular formula is C21H17FN4O. The maximum Gasteiger partial charge on any atom is 0.144 e. The first-order valence-electron chi connectivity index (χ1n) is 8.47. The molecule has 1 atom stereocenters. The summed E-state index contributed by atoms with van der Waals surface area (Å²) in [5.74, 6) is -0.343. The molecule has 5 nitrogen and oxygen atoms in total. The second-order valence-electron chi connectivity index (χ2n) is 6.19. The number of hydrogen-bond donors (Lipinski definition) is 1. The predicted molar refractivity (Wildman–Crippen MR) is 98.2 cm³/mol. The molecule has 1 unspecified atom stereocenters. The molecule has 0 bridgehead atoms. The number of hydrogen-bond acceptors (Lipinski definition) is 4. The first-order chi connectivity index (χ1) is 13.2. The van der Waals surface area contributed by atoms with E-state index in [1.807, 2.05) is 0 Å². The van der Waals surface area contributed by atoms with Crippen LogP contribution < -0.4 is 0 Å². The molecule has 0 aliphatic rings. The first kappa shape index (κ1) is 17.1. The zero-order chi connectivity index (χ0) is 18.7. The Kier molecular flexibility index (Phi) is 4.48. The lowest BCUT2D eigenvalue weighted by Crippen LogP contribution is -2.39. The van der Waals surface area contributed by atoms with E-state index in [0.29, 0.717) is 16.7 Å². The standard InChI is InChI=1S/C21H17FN4O/c22-19-8-6-16(7-9-19)20(26-13-3-12-25-26)21(27,17-4-1-10-23-14-17)18-5-2-11-24-15-18/h1-15,20,27H. The summed E-state index contributed by atoms with van der Waals surface area (Å²) in [6, 6.07) is 14.3. The highest BCUT2D eigenvalue weighted by atomic mass is 19.1. The highest BCUT2D eigenvalue weighted by molar-refractivity contribution is 5.40. The number of aliphatic hydroxyl groups is 1. The third kappa shape index (κ3) is 3.11. The minimum atomic E-state index is -1.52. The molecule has 0 fully saturated rings. The fourth-order valence-electron chi connectivity index (χ4n) is 3.32. The van der Waals surface area contributed by atoms with Crippen molar-refractivity contribution in [2.24, 2.45) is 0 Å². The molecule has 3 aromatic heterocycles. The second kappa shape index (κ2) is 7.09. The Morgan fingerprint density at radius 2 is 1.48 bits per heavy atom. The number of aromatic nitrogens is 4. The molecule has 0 radical (unpaired) electrons. The molecule has 1 aromatic carbocycles. The Bertz CT molecular complexity index is 950. The van der Waals surface area contributed by atoms with Crippen LogP contribution in [0, 0.1) is 5.82 Å². The maximum absolute atomic E-state index is 13.5. The smallest absolute Gasteiger partial charge is 0.144 e. The topological polar surface area (TPSA) is 63.8 Å². The number of benzene rings is 1. The van der Waals surface area contributed by atoms with Crippen LogP contribution in [0.4, 0.5) is 4.39 Å².